The molecular weight excluding hydrogens is 500 g/mol. The minimum absolute atomic E-state index is 0.0316. The largest absolute Gasteiger partial charge is 0.354 e. The molecule has 2 heterocycles. The second kappa shape index (κ2) is 18.6. The van der Waals surface area contributed by atoms with Crippen LogP contribution in [0.15, 0.2) is 18.3 Å². The highest BCUT2D eigenvalue weighted by Crippen LogP contribution is 2.16. The first-order valence-corrected chi connectivity index (χ1v) is 16.7. The molecule has 0 spiro atoms. The number of rotatable bonds is 20. The van der Waals surface area contributed by atoms with Gasteiger partial charge in [-0.25, -0.2) is 4.98 Å². The van der Waals surface area contributed by atoms with Crippen molar-refractivity contribution in [1.29, 1.82) is 0 Å². The van der Waals surface area contributed by atoms with Gasteiger partial charge in [-0.05, 0) is 38.8 Å². The maximum atomic E-state index is 12.4. The molecule has 1 aliphatic rings. The molecule has 1 aromatic heterocycles. The predicted molar refractivity (Wildman–Crippen MR) is 156 cm³/mol. The molecule has 0 unspecified atom stereocenters. The first-order valence-electron chi connectivity index (χ1n) is 14.8. The van der Waals surface area contributed by atoms with Crippen LogP contribution in [-0.2, 0) is 14.3 Å². The summed E-state index contributed by atoms with van der Waals surface area (Å²) in [6.07, 6.45) is 18.2. The molecule has 2 rings (SSSR count). The van der Waals surface area contributed by atoms with Gasteiger partial charge in [-0.2, -0.15) is 8.42 Å². The fourth-order valence-corrected chi connectivity index (χ4v) is 5.28. The molecule has 0 aliphatic carbocycles. The zero-order valence-corrected chi connectivity index (χ0v) is 24.9. The summed E-state index contributed by atoms with van der Waals surface area (Å²) in [7, 11) is -3.29. The molecule has 0 radical (unpaired) electrons. The van der Waals surface area contributed by atoms with E-state index in [9.17, 15) is 13.2 Å². The summed E-state index contributed by atoms with van der Waals surface area (Å²) in [6.45, 7) is 9.57. The van der Waals surface area contributed by atoms with E-state index in [2.05, 4.69) is 33.9 Å². The van der Waals surface area contributed by atoms with Gasteiger partial charge in [0.05, 0.1) is 18.4 Å². The third-order valence-electron chi connectivity index (χ3n) is 7.28. The van der Waals surface area contributed by atoms with Crippen LogP contribution in [0.1, 0.15) is 108 Å². The molecule has 9 heteroatoms. The lowest BCUT2D eigenvalue weighted by molar-refractivity contribution is 0.0952. The van der Waals surface area contributed by atoms with Gasteiger partial charge in [0.1, 0.15) is 5.82 Å². The minimum atomic E-state index is -3.29. The normalized spacial score (nSPS) is 14.8. The van der Waals surface area contributed by atoms with Crippen LogP contribution >= 0.6 is 0 Å². The number of nitrogens with zero attached hydrogens (tertiary/aromatic N) is 3. The molecule has 218 valence electrons. The van der Waals surface area contributed by atoms with Crippen LogP contribution in [0.5, 0.6) is 0 Å². The number of anilines is 1. The fourth-order valence-electron chi connectivity index (χ4n) is 4.86. The Morgan fingerprint density at radius 2 is 1.39 bits per heavy atom. The monoisotopic (exact) mass is 552 g/mol. The van der Waals surface area contributed by atoms with Gasteiger partial charge in [0, 0.05) is 45.0 Å². The smallest absolute Gasteiger partial charge is 0.264 e. The van der Waals surface area contributed by atoms with Gasteiger partial charge in [-0.3, -0.25) is 13.9 Å². The molecule has 1 fully saturated rings. The molecule has 0 saturated carbocycles. The van der Waals surface area contributed by atoms with E-state index >= 15 is 0 Å². The number of carbonyl (C=O) groups excluding carboxylic acids is 1. The summed E-state index contributed by atoms with van der Waals surface area (Å²) in [5.41, 5.74) is 0.635. The van der Waals surface area contributed by atoms with Gasteiger partial charge in [0.15, 0.2) is 0 Å². The van der Waals surface area contributed by atoms with E-state index in [1.54, 1.807) is 6.20 Å². The predicted octanol–water partition coefficient (Wildman–Crippen LogP) is 5.39. The molecule has 0 bridgehead atoms. The van der Waals surface area contributed by atoms with Crippen molar-refractivity contribution in [3.63, 3.8) is 0 Å². The number of carbonyl (C=O) groups is 1. The van der Waals surface area contributed by atoms with Gasteiger partial charge in [0.2, 0.25) is 0 Å². The van der Waals surface area contributed by atoms with E-state index in [1.165, 1.54) is 51.4 Å². The Morgan fingerprint density at radius 3 is 1.87 bits per heavy atom. The lowest BCUT2D eigenvalue weighted by Crippen LogP contribution is -2.49. The van der Waals surface area contributed by atoms with Crippen molar-refractivity contribution in [2.45, 2.75) is 103 Å². The maximum Gasteiger partial charge on any atom is 0.264 e. The first-order chi connectivity index (χ1) is 18.3. The highest BCUT2D eigenvalue weighted by molar-refractivity contribution is 7.85. The second-order valence-electron chi connectivity index (χ2n) is 10.9. The maximum absolute atomic E-state index is 12.4. The lowest BCUT2D eigenvalue weighted by atomic mass is 10.0. The Bertz CT molecular complexity index is 869. The molecule has 8 nitrogen and oxygen atoms in total. The average molecular weight is 553 g/mol. The molecule has 1 N–H and O–H groups in total. The van der Waals surface area contributed by atoms with Crippen LogP contribution in [0.3, 0.4) is 0 Å². The number of piperazine rings is 1. The molecule has 1 saturated heterocycles. The lowest BCUT2D eigenvalue weighted by Gasteiger charge is -2.37. The minimum Gasteiger partial charge on any atom is -0.354 e. The number of amides is 1. The summed E-state index contributed by atoms with van der Waals surface area (Å²) in [5, 5.41) is 3.04. The van der Waals surface area contributed by atoms with Crippen LogP contribution in [0.2, 0.25) is 0 Å². The zero-order chi connectivity index (χ0) is 27.6. The summed E-state index contributed by atoms with van der Waals surface area (Å²) in [5.74, 6) is 0.926. The summed E-state index contributed by atoms with van der Waals surface area (Å²) < 4.78 is 26.5. The first kappa shape index (κ1) is 32.5. The van der Waals surface area contributed by atoms with Crippen molar-refractivity contribution in [2.24, 2.45) is 0 Å². The number of hydrogen-bond donors (Lipinski definition) is 1. The van der Waals surface area contributed by atoms with Crippen LogP contribution in [-0.4, -0.2) is 75.8 Å². The van der Waals surface area contributed by atoms with E-state index in [1.807, 2.05) is 12.1 Å². The summed E-state index contributed by atoms with van der Waals surface area (Å²) >= 11 is 0. The molecule has 1 aromatic rings. The highest BCUT2D eigenvalue weighted by atomic mass is 32.2. The number of nitrogens with one attached hydrogen (secondary N) is 1. The van der Waals surface area contributed by atoms with Crippen molar-refractivity contribution < 1.29 is 17.4 Å². The van der Waals surface area contributed by atoms with Gasteiger partial charge in [0.25, 0.3) is 16.0 Å². The van der Waals surface area contributed by atoms with Crippen molar-refractivity contribution in [3.8, 4) is 0 Å². The highest BCUT2D eigenvalue weighted by Gasteiger charge is 2.19. The second-order valence-corrected chi connectivity index (χ2v) is 12.5. The third kappa shape index (κ3) is 14.4. The van der Waals surface area contributed by atoms with Gasteiger partial charge in [-0.1, -0.05) is 70.6 Å². The van der Waals surface area contributed by atoms with Crippen LogP contribution in [0.25, 0.3) is 0 Å². The summed E-state index contributed by atoms with van der Waals surface area (Å²) in [6, 6.07) is 4.45. The number of aromatic nitrogens is 1. The quantitative estimate of drug-likeness (QED) is 0.171. The topological polar surface area (TPSA) is 91.8 Å². The van der Waals surface area contributed by atoms with Crippen LogP contribution < -0.4 is 10.2 Å². The van der Waals surface area contributed by atoms with Gasteiger partial charge < -0.3 is 10.2 Å². The average Bonchev–Trinajstić information content (AvgIpc) is 2.90. The van der Waals surface area contributed by atoms with Crippen molar-refractivity contribution in [2.75, 3.05) is 50.5 Å². The van der Waals surface area contributed by atoms with Crippen LogP contribution in [0, 0.1) is 0 Å². The Balaban J connectivity index is 1.39. The third-order valence-corrected chi connectivity index (χ3v) is 7.88. The van der Waals surface area contributed by atoms with Gasteiger partial charge in [-0.15, -0.1) is 0 Å². The molecular formula is C29H52N4O4S. The zero-order valence-electron chi connectivity index (χ0n) is 24.1. The van der Waals surface area contributed by atoms with E-state index in [4.69, 9.17) is 4.18 Å². The van der Waals surface area contributed by atoms with Gasteiger partial charge >= 0.3 is 0 Å². The Morgan fingerprint density at radius 1 is 0.868 bits per heavy atom. The fraction of sp³-hybridized carbons (Fsp3) is 0.793. The van der Waals surface area contributed by atoms with Crippen molar-refractivity contribution >= 4 is 21.8 Å². The van der Waals surface area contributed by atoms with Crippen molar-refractivity contribution in [3.05, 3.63) is 23.9 Å². The number of pyridine rings is 1. The van der Waals surface area contributed by atoms with Crippen molar-refractivity contribution in [1.82, 2.24) is 15.2 Å². The summed E-state index contributed by atoms with van der Waals surface area (Å²) in [4.78, 5) is 21.8. The number of unbranched alkanes of at least 4 members (excludes halogenated alkanes) is 12. The Labute approximate surface area is 232 Å². The molecule has 1 amide bonds. The standard InChI is InChI=1S/C29H52N4O4S/c1-26(2)32-20-22-33(23-21-32)28-18-17-27(25-31-28)29(34)30-19-15-13-11-9-7-5-4-6-8-10-12-14-16-24-37-38(3,35)36/h17-18,25-26H,4-16,19-24H2,1-3H3,(H,30,34). The van der Waals surface area contributed by atoms with E-state index < -0.39 is 10.1 Å². The van der Waals surface area contributed by atoms with E-state index in [-0.39, 0.29) is 5.91 Å². The number of hydrogen-bond acceptors (Lipinski definition) is 7. The Kier molecular flexibility index (Phi) is 15.9. The van der Waals surface area contributed by atoms with E-state index in [0.717, 1.165) is 76.9 Å². The molecule has 0 aromatic carbocycles. The molecule has 38 heavy (non-hydrogen) atoms. The molecule has 0 atom stereocenters. The molecule has 1 aliphatic heterocycles. The SMILES string of the molecule is CC(C)N1CCN(c2ccc(C(=O)NCCCCCCCCCCCCCCCOS(C)(=O)=O)cn2)CC1. The Hall–Kier alpha value is -1.71. The van der Waals surface area contributed by atoms with Crippen LogP contribution in [0.4, 0.5) is 5.82 Å². The van der Waals surface area contributed by atoms with E-state index in [0.29, 0.717) is 18.2 Å².